The first-order valence-corrected chi connectivity index (χ1v) is 8.18. The van der Waals surface area contributed by atoms with E-state index < -0.39 is 0 Å². The van der Waals surface area contributed by atoms with Gasteiger partial charge in [0.2, 0.25) is 0 Å². The summed E-state index contributed by atoms with van der Waals surface area (Å²) in [5.74, 6) is 4.20. The van der Waals surface area contributed by atoms with Gasteiger partial charge >= 0.3 is 0 Å². The molecule has 1 aromatic carbocycles. The Bertz CT molecular complexity index is 559. The van der Waals surface area contributed by atoms with Gasteiger partial charge in [0.25, 0.3) is 0 Å². The molecular formula is C19H25NO. The molecule has 1 fully saturated rings. The van der Waals surface area contributed by atoms with Crippen LogP contribution in [-0.4, -0.2) is 19.2 Å². The summed E-state index contributed by atoms with van der Waals surface area (Å²) >= 11 is 0. The molecule has 0 radical (unpaired) electrons. The summed E-state index contributed by atoms with van der Waals surface area (Å²) in [5, 5.41) is 3.74. The monoisotopic (exact) mass is 283 g/mol. The van der Waals surface area contributed by atoms with Gasteiger partial charge in [-0.3, -0.25) is 0 Å². The fraction of sp³-hybridized carbons (Fsp3) is 0.579. The first-order valence-electron chi connectivity index (χ1n) is 8.18. The van der Waals surface area contributed by atoms with Gasteiger partial charge in [-0.2, -0.15) is 0 Å². The molecule has 2 aliphatic rings. The summed E-state index contributed by atoms with van der Waals surface area (Å²) in [6.07, 6.45) is 10.1. The lowest BCUT2D eigenvalue weighted by Gasteiger charge is -2.53. The molecule has 1 aromatic rings. The number of benzene rings is 1. The van der Waals surface area contributed by atoms with Crippen molar-refractivity contribution in [3.05, 3.63) is 29.3 Å². The van der Waals surface area contributed by atoms with Crippen LogP contribution in [0.4, 0.5) is 0 Å². The van der Waals surface area contributed by atoms with Crippen LogP contribution < -0.4 is 10.1 Å². The molecule has 2 nitrogen and oxygen atoms in total. The van der Waals surface area contributed by atoms with Crippen LogP contribution in [0.2, 0.25) is 0 Å². The average molecular weight is 283 g/mol. The molecule has 1 heterocycles. The number of ether oxygens (including phenoxy) is 1. The van der Waals surface area contributed by atoms with E-state index in [0.29, 0.717) is 18.1 Å². The average Bonchev–Trinajstić information content (AvgIpc) is 2.52. The fourth-order valence-corrected chi connectivity index (χ4v) is 4.70. The van der Waals surface area contributed by atoms with Crippen LogP contribution >= 0.6 is 0 Å². The molecule has 2 bridgehead atoms. The first-order chi connectivity index (χ1) is 10.2. The van der Waals surface area contributed by atoms with Crippen LogP contribution in [0.15, 0.2) is 18.2 Å². The highest BCUT2D eigenvalue weighted by Gasteiger charge is 2.48. The van der Waals surface area contributed by atoms with Crippen LogP contribution in [0.25, 0.3) is 0 Å². The minimum absolute atomic E-state index is 0.313. The standard InChI is InChI=1S/C19H25NO/c1-4-11-21-15-8-7-14-12-18-16(5-2)19(6-3,9-10-20-18)17(14)13-15/h1,7-8,13,16,18,20H,5-6,9-12H2,2-3H3. The first kappa shape index (κ1) is 14.5. The van der Waals surface area contributed by atoms with E-state index in [-0.39, 0.29) is 0 Å². The SMILES string of the molecule is C#CCOc1ccc2c(c1)C1(CC)CCNC(C2)C1CC. The van der Waals surface area contributed by atoms with Crippen LogP contribution in [0, 0.1) is 18.3 Å². The third-order valence-electron chi connectivity index (χ3n) is 5.62. The van der Waals surface area contributed by atoms with Crippen molar-refractivity contribution < 1.29 is 4.74 Å². The van der Waals surface area contributed by atoms with Gasteiger partial charge in [0, 0.05) is 11.5 Å². The summed E-state index contributed by atoms with van der Waals surface area (Å²) in [5.41, 5.74) is 3.32. The number of piperidine rings is 1. The van der Waals surface area contributed by atoms with E-state index in [1.54, 1.807) is 0 Å². The van der Waals surface area contributed by atoms with Gasteiger partial charge in [0.15, 0.2) is 0 Å². The topological polar surface area (TPSA) is 21.3 Å². The van der Waals surface area contributed by atoms with Crippen molar-refractivity contribution in [2.24, 2.45) is 5.92 Å². The Kier molecular flexibility index (Phi) is 3.95. The highest BCUT2D eigenvalue weighted by molar-refractivity contribution is 5.45. The zero-order chi connectivity index (χ0) is 14.9. The number of rotatable bonds is 4. The second kappa shape index (κ2) is 5.73. The van der Waals surface area contributed by atoms with Gasteiger partial charge in [0.1, 0.15) is 12.4 Å². The molecule has 3 unspecified atom stereocenters. The molecule has 1 N–H and O–H groups in total. The van der Waals surface area contributed by atoms with E-state index in [1.165, 1.54) is 30.4 Å². The van der Waals surface area contributed by atoms with Gasteiger partial charge in [-0.25, -0.2) is 0 Å². The zero-order valence-electron chi connectivity index (χ0n) is 13.1. The Hall–Kier alpha value is -1.46. The maximum absolute atomic E-state index is 5.67. The lowest BCUT2D eigenvalue weighted by Crippen LogP contribution is -2.58. The summed E-state index contributed by atoms with van der Waals surface area (Å²) in [6, 6.07) is 7.22. The molecule has 2 heteroatoms. The fourth-order valence-electron chi connectivity index (χ4n) is 4.70. The number of hydrogen-bond donors (Lipinski definition) is 1. The summed E-state index contributed by atoms with van der Waals surface area (Å²) in [4.78, 5) is 0. The maximum Gasteiger partial charge on any atom is 0.148 e. The second-order valence-electron chi connectivity index (χ2n) is 6.35. The molecule has 0 spiro atoms. The largest absolute Gasteiger partial charge is 0.481 e. The predicted octanol–water partition coefficient (Wildman–Crippen LogP) is 3.29. The minimum Gasteiger partial charge on any atom is -0.481 e. The van der Waals surface area contributed by atoms with Crippen molar-refractivity contribution in [2.75, 3.05) is 13.2 Å². The normalized spacial score (nSPS) is 30.3. The predicted molar refractivity (Wildman–Crippen MR) is 86.6 cm³/mol. The van der Waals surface area contributed by atoms with Crippen molar-refractivity contribution in [1.29, 1.82) is 0 Å². The zero-order valence-corrected chi connectivity index (χ0v) is 13.1. The van der Waals surface area contributed by atoms with Crippen molar-refractivity contribution in [3.8, 4) is 18.1 Å². The number of nitrogens with one attached hydrogen (secondary N) is 1. The van der Waals surface area contributed by atoms with Crippen LogP contribution in [0.1, 0.15) is 44.2 Å². The summed E-state index contributed by atoms with van der Waals surface area (Å²) in [7, 11) is 0. The maximum atomic E-state index is 5.67. The third-order valence-corrected chi connectivity index (χ3v) is 5.62. The third kappa shape index (κ3) is 2.24. The van der Waals surface area contributed by atoms with Gasteiger partial charge in [0.05, 0.1) is 0 Å². The Morgan fingerprint density at radius 2 is 2.29 bits per heavy atom. The number of terminal acetylenes is 1. The molecule has 112 valence electrons. The minimum atomic E-state index is 0.313. The van der Waals surface area contributed by atoms with Crippen molar-refractivity contribution in [2.45, 2.75) is 51.0 Å². The Labute approximate surface area is 128 Å². The quantitative estimate of drug-likeness (QED) is 0.856. The molecule has 1 aliphatic heterocycles. The molecule has 21 heavy (non-hydrogen) atoms. The molecule has 3 atom stereocenters. The Morgan fingerprint density at radius 1 is 1.43 bits per heavy atom. The van der Waals surface area contributed by atoms with Crippen LogP contribution in [0.5, 0.6) is 5.75 Å². The lowest BCUT2D eigenvalue weighted by atomic mass is 9.56. The molecule has 3 rings (SSSR count). The number of hydrogen-bond acceptors (Lipinski definition) is 2. The van der Waals surface area contributed by atoms with E-state index in [9.17, 15) is 0 Å². The molecule has 1 aliphatic carbocycles. The number of fused-ring (bicyclic) bond motifs is 4. The van der Waals surface area contributed by atoms with Gasteiger partial charge in [-0.05, 0) is 55.0 Å². The van der Waals surface area contributed by atoms with E-state index in [2.05, 4.69) is 43.3 Å². The summed E-state index contributed by atoms with van der Waals surface area (Å²) < 4.78 is 5.67. The molecule has 0 amide bonds. The highest BCUT2D eigenvalue weighted by atomic mass is 16.5. The molecule has 1 saturated heterocycles. The van der Waals surface area contributed by atoms with Gasteiger partial charge in [-0.15, -0.1) is 6.42 Å². The summed E-state index contributed by atoms with van der Waals surface area (Å²) in [6.45, 7) is 6.15. The van der Waals surface area contributed by atoms with Crippen molar-refractivity contribution >= 4 is 0 Å². The molecule has 0 aromatic heterocycles. The lowest BCUT2D eigenvalue weighted by molar-refractivity contribution is 0.117. The smallest absolute Gasteiger partial charge is 0.148 e. The van der Waals surface area contributed by atoms with E-state index >= 15 is 0 Å². The Morgan fingerprint density at radius 3 is 3.00 bits per heavy atom. The van der Waals surface area contributed by atoms with E-state index in [4.69, 9.17) is 11.2 Å². The van der Waals surface area contributed by atoms with E-state index in [0.717, 1.165) is 24.6 Å². The van der Waals surface area contributed by atoms with Crippen LogP contribution in [-0.2, 0) is 11.8 Å². The van der Waals surface area contributed by atoms with E-state index in [1.807, 2.05) is 0 Å². The molecule has 0 saturated carbocycles. The van der Waals surface area contributed by atoms with Gasteiger partial charge < -0.3 is 10.1 Å². The Balaban J connectivity index is 2.05. The van der Waals surface area contributed by atoms with Gasteiger partial charge in [-0.1, -0.05) is 32.3 Å². The molecular weight excluding hydrogens is 258 g/mol. The highest BCUT2D eigenvalue weighted by Crippen LogP contribution is 2.50. The van der Waals surface area contributed by atoms with Crippen molar-refractivity contribution in [1.82, 2.24) is 5.32 Å². The second-order valence-corrected chi connectivity index (χ2v) is 6.35. The van der Waals surface area contributed by atoms with Crippen molar-refractivity contribution in [3.63, 3.8) is 0 Å². The van der Waals surface area contributed by atoms with Crippen LogP contribution in [0.3, 0.4) is 0 Å².